The Hall–Kier alpha value is -1.31. The van der Waals surface area contributed by atoms with Crippen molar-refractivity contribution in [3.63, 3.8) is 0 Å². The van der Waals surface area contributed by atoms with Crippen LogP contribution in [0, 0.1) is 0 Å². The van der Waals surface area contributed by atoms with Crippen molar-refractivity contribution >= 4 is 11.9 Å². The second-order valence-electron chi connectivity index (χ2n) is 3.99. The van der Waals surface area contributed by atoms with Crippen LogP contribution < -0.4 is 0 Å². The van der Waals surface area contributed by atoms with Gasteiger partial charge in [0, 0.05) is 19.4 Å². The second-order valence-corrected chi connectivity index (χ2v) is 3.99. The Morgan fingerprint density at radius 1 is 1.29 bits per heavy atom. The molecule has 1 heterocycles. The third-order valence-corrected chi connectivity index (χ3v) is 2.68. The molecule has 0 aromatic heterocycles. The van der Waals surface area contributed by atoms with E-state index in [-0.39, 0.29) is 13.0 Å². The average molecular weight is 255 g/mol. The summed E-state index contributed by atoms with van der Waals surface area (Å²) in [6, 6.07) is 0. The average Bonchev–Trinajstić information content (AvgIpc) is 2.57. The number of carboxylic acid groups (broad SMARTS) is 1. The highest BCUT2D eigenvalue weighted by Gasteiger charge is 2.57. The Kier molecular flexibility index (Phi) is 3.65. The van der Waals surface area contributed by atoms with Gasteiger partial charge in [0.1, 0.15) is 0 Å². The van der Waals surface area contributed by atoms with Crippen molar-refractivity contribution in [3.8, 4) is 0 Å². The number of carbonyl (C=O) groups is 2. The molecule has 1 aliphatic rings. The molecule has 0 aromatic carbocycles. The maximum Gasteiger partial charge on any atom is 0.419 e. The third kappa shape index (κ3) is 3.09. The van der Waals surface area contributed by atoms with Crippen molar-refractivity contribution in [2.75, 3.05) is 13.1 Å². The largest absolute Gasteiger partial charge is 0.481 e. The first-order valence-electron chi connectivity index (χ1n) is 4.94. The number of halogens is 3. The van der Waals surface area contributed by atoms with Gasteiger partial charge in [-0.25, -0.2) is 0 Å². The van der Waals surface area contributed by atoms with Gasteiger partial charge < -0.3 is 15.1 Å². The molecule has 1 fully saturated rings. The lowest BCUT2D eigenvalue weighted by molar-refractivity contribution is -0.253. The molecule has 0 aliphatic carbocycles. The topological polar surface area (TPSA) is 77.8 Å². The van der Waals surface area contributed by atoms with Gasteiger partial charge in [0.2, 0.25) is 5.91 Å². The number of amides is 1. The third-order valence-electron chi connectivity index (χ3n) is 2.68. The molecule has 1 rings (SSSR count). The van der Waals surface area contributed by atoms with Gasteiger partial charge in [-0.15, -0.1) is 0 Å². The summed E-state index contributed by atoms with van der Waals surface area (Å²) in [7, 11) is 0. The summed E-state index contributed by atoms with van der Waals surface area (Å²) in [6.45, 7) is -1.04. The molecule has 1 saturated heterocycles. The predicted octanol–water partition coefficient (Wildman–Crippen LogP) is 0.377. The van der Waals surface area contributed by atoms with Crippen LogP contribution in [-0.2, 0) is 9.59 Å². The van der Waals surface area contributed by atoms with Crippen LogP contribution in [0.15, 0.2) is 0 Å². The van der Waals surface area contributed by atoms with Gasteiger partial charge in [0.25, 0.3) is 0 Å². The monoisotopic (exact) mass is 255 g/mol. The minimum Gasteiger partial charge on any atom is -0.481 e. The minimum atomic E-state index is -4.78. The highest BCUT2D eigenvalue weighted by atomic mass is 19.4. The number of alkyl halides is 3. The zero-order chi connectivity index (χ0) is 13.3. The summed E-state index contributed by atoms with van der Waals surface area (Å²) in [5.41, 5.74) is -2.87. The van der Waals surface area contributed by atoms with Gasteiger partial charge in [-0.05, 0) is 0 Å². The van der Waals surface area contributed by atoms with Crippen LogP contribution in [0.4, 0.5) is 13.2 Å². The van der Waals surface area contributed by atoms with Crippen LogP contribution in [0.5, 0.6) is 0 Å². The summed E-state index contributed by atoms with van der Waals surface area (Å²) in [5, 5.41) is 17.6. The number of hydrogen-bond acceptors (Lipinski definition) is 3. The lowest BCUT2D eigenvalue weighted by atomic mass is 10.0. The van der Waals surface area contributed by atoms with Crippen molar-refractivity contribution in [2.45, 2.75) is 31.0 Å². The smallest absolute Gasteiger partial charge is 0.419 e. The van der Waals surface area contributed by atoms with Crippen LogP contribution in [0.25, 0.3) is 0 Å². The standard InChI is InChI=1S/C9H12F3NO4/c10-9(11,12)8(17)3-4-13(5-8)6(14)1-2-7(15)16/h17H,1-5H2,(H,15,16). The van der Waals surface area contributed by atoms with Crippen LogP contribution in [-0.4, -0.2) is 51.9 Å². The predicted molar refractivity (Wildman–Crippen MR) is 49.1 cm³/mol. The van der Waals surface area contributed by atoms with Crippen molar-refractivity contribution in [1.82, 2.24) is 4.90 Å². The number of aliphatic carboxylic acids is 1. The fourth-order valence-corrected chi connectivity index (χ4v) is 1.61. The number of hydrogen-bond donors (Lipinski definition) is 2. The summed E-state index contributed by atoms with van der Waals surface area (Å²) in [5.74, 6) is -1.88. The maximum absolute atomic E-state index is 12.4. The van der Waals surface area contributed by atoms with Gasteiger partial charge in [0.05, 0.1) is 13.0 Å². The SMILES string of the molecule is O=C(O)CCC(=O)N1CCC(O)(C(F)(F)F)C1. The minimum absolute atomic E-state index is 0.214. The molecule has 2 N–H and O–H groups in total. The molecule has 0 spiro atoms. The summed E-state index contributed by atoms with van der Waals surface area (Å²) in [6.07, 6.45) is -6.15. The summed E-state index contributed by atoms with van der Waals surface area (Å²) < 4.78 is 37.2. The molecular weight excluding hydrogens is 243 g/mol. The van der Waals surface area contributed by atoms with Gasteiger partial charge >= 0.3 is 12.1 Å². The first-order valence-corrected chi connectivity index (χ1v) is 4.94. The molecule has 8 heteroatoms. The zero-order valence-corrected chi connectivity index (χ0v) is 8.83. The van der Waals surface area contributed by atoms with E-state index in [1.54, 1.807) is 0 Å². The number of carboxylic acids is 1. The number of carbonyl (C=O) groups excluding carboxylic acids is 1. The van der Waals surface area contributed by atoms with Crippen LogP contribution >= 0.6 is 0 Å². The molecule has 17 heavy (non-hydrogen) atoms. The first-order chi connectivity index (χ1) is 7.66. The molecule has 0 bridgehead atoms. The zero-order valence-electron chi connectivity index (χ0n) is 8.83. The molecule has 5 nitrogen and oxygen atoms in total. The van der Waals surface area contributed by atoms with E-state index in [1.165, 1.54) is 0 Å². The van der Waals surface area contributed by atoms with Crippen LogP contribution in [0.3, 0.4) is 0 Å². The molecule has 98 valence electrons. The molecule has 0 radical (unpaired) electrons. The molecule has 1 atom stereocenters. The highest BCUT2D eigenvalue weighted by molar-refractivity contribution is 5.81. The fraction of sp³-hybridized carbons (Fsp3) is 0.778. The quantitative estimate of drug-likeness (QED) is 0.764. The van der Waals surface area contributed by atoms with E-state index in [2.05, 4.69) is 0 Å². The van der Waals surface area contributed by atoms with E-state index < -0.39 is 43.0 Å². The van der Waals surface area contributed by atoms with Crippen LogP contribution in [0.1, 0.15) is 19.3 Å². The normalized spacial score (nSPS) is 25.1. The Balaban J connectivity index is 2.56. The Morgan fingerprint density at radius 2 is 1.88 bits per heavy atom. The van der Waals surface area contributed by atoms with E-state index >= 15 is 0 Å². The molecule has 1 amide bonds. The lowest BCUT2D eigenvalue weighted by Crippen LogP contribution is -2.48. The van der Waals surface area contributed by atoms with Crippen LogP contribution in [0.2, 0.25) is 0 Å². The number of aliphatic hydroxyl groups is 1. The summed E-state index contributed by atoms with van der Waals surface area (Å²) in [4.78, 5) is 22.4. The molecule has 1 aliphatic heterocycles. The highest BCUT2D eigenvalue weighted by Crippen LogP contribution is 2.37. The van der Waals surface area contributed by atoms with Gasteiger partial charge in [-0.3, -0.25) is 9.59 Å². The molecule has 0 aromatic rings. The van der Waals surface area contributed by atoms with E-state index in [9.17, 15) is 27.9 Å². The summed E-state index contributed by atoms with van der Waals surface area (Å²) >= 11 is 0. The molecular formula is C9H12F3NO4. The van der Waals surface area contributed by atoms with Crippen molar-refractivity contribution in [3.05, 3.63) is 0 Å². The van der Waals surface area contributed by atoms with Crippen molar-refractivity contribution in [1.29, 1.82) is 0 Å². The van der Waals surface area contributed by atoms with Gasteiger partial charge in [0.15, 0.2) is 5.60 Å². The van der Waals surface area contributed by atoms with Gasteiger partial charge in [-0.2, -0.15) is 13.2 Å². The lowest BCUT2D eigenvalue weighted by Gasteiger charge is -2.25. The van der Waals surface area contributed by atoms with Crippen molar-refractivity contribution in [2.24, 2.45) is 0 Å². The second kappa shape index (κ2) is 4.52. The molecule has 0 saturated carbocycles. The van der Waals surface area contributed by atoms with E-state index in [0.29, 0.717) is 0 Å². The van der Waals surface area contributed by atoms with E-state index in [4.69, 9.17) is 5.11 Å². The number of rotatable bonds is 3. The van der Waals surface area contributed by atoms with E-state index in [0.717, 1.165) is 4.90 Å². The Labute approximate surface area is 94.8 Å². The number of β-amino-alcohol motifs (C(OH)–C–C–N with tert-alkyl or cyclic N) is 1. The number of likely N-dealkylation sites (tertiary alicyclic amines) is 1. The first kappa shape index (κ1) is 13.8. The fourth-order valence-electron chi connectivity index (χ4n) is 1.61. The Bertz CT molecular complexity index is 331. The van der Waals surface area contributed by atoms with Gasteiger partial charge in [-0.1, -0.05) is 0 Å². The Morgan fingerprint density at radius 3 is 2.29 bits per heavy atom. The number of nitrogens with zero attached hydrogens (tertiary/aromatic N) is 1. The maximum atomic E-state index is 12.4. The molecule has 1 unspecified atom stereocenters. The van der Waals surface area contributed by atoms with Crippen molar-refractivity contribution < 1.29 is 33.0 Å². The van der Waals surface area contributed by atoms with E-state index in [1.807, 2.05) is 0 Å².